The third-order valence-electron chi connectivity index (χ3n) is 10.9. The van der Waals surface area contributed by atoms with Crippen LogP contribution < -0.4 is 4.90 Å². The van der Waals surface area contributed by atoms with Gasteiger partial charge in [-0.2, -0.15) is 10.2 Å². The number of nitrogens with one attached hydrogen (secondary N) is 1. The van der Waals surface area contributed by atoms with E-state index in [2.05, 4.69) is 65.0 Å². The number of carbonyl (C=O) groups excluding carboxylic acids is 1. The zero-order valence-corrected chi connectivity index (χ0v) is 26.7. The molecule has 1 aliphatic carbocycles. The quantitative estimate of drug-likeness (QED) is 0.373. The first kappa shape index (κ1) is 28.9. The Kier molecular flexibility index (Phi) is 7.14. The normalized spacial score (nSPS) is 26.1. The third-order valence-corrected chi connectivity index (χ3v) is 11.4. The standard InChI is InChI=1S/C33H44ClN7O2/c1-6-27(42)39-19-33(20-39)14-24(15-33)41-22(4)28(29-25-16-35-36-26(25)13-21(3)30(29)34)31(37-41)40-11-10-38(18-32(40,5)7-2)23-9-8-12-43-17-23/h6,13,16,23-24H,1,7-12,14-15,17-20H2,2-5H3,(H,35,36)/t23?,32-/m0/s1. The molecule has 1 spiro atoms. The van der Waals surface area contributed by atoms with Crippen molar-refractivity contribution in [2.45, 2.75) is 77.4 Å². The number of fused-ring (bicyclic) bond motifs is 1. The van der Waals surface area contributed by atoms with Crippen LogP contribution in [-0.4, -0.2) is 93.2 Å². The molecule has 9 nitrogen and oxygen atoms in total. The van der Waals surface area contributed by atoms with E-state index < -0.39 is 0 Å². The van der Waals surface area contributed by atoms with Crippen molar-refractivity contribution in [2.24, 2.45) is 5.41 Å². The minimum absolute atomic E-state index is 0.0323. The van der Waals surface area contributed by atoms with E-state index in [0.717, 1.165) is 116 Å². The molecule has 2 atom stereocenters. The van der Waals surface area contributed by atoms with E-state index in [0.29, 0.717) is 12.1 Å². The van der Waals surface area contributed by atoms with E-state index in [9.17, 15) is 4.79 Å². The number of likely N-dealkylation sites (tertiary alicyclic amines) is 1. The first-order valence-electron chi connectivity index (χ1n) is 15.9. The molecule has 4 fully saturated rings. The van der Waals surface area contributed by atoms with E-state index in [1.54, 1.807) is 0 Å². The predicted octanol–water partition coefficient (Wildman–Crippen LogP) is 5.52. The van der Waals surface area contributed by atoms with Gasteiger partial charge in [0, 0.05) is 73.0 Å². The molecule has 7 rings (SSSR count). The number of ether oxygens (including phenoxy) is 1. The smallest absolute Gasteiger partial charge is 0.245 e. The van der Waals surface area contributed by atoms with Crippen LogP contribution >= 0.6 is 11.6 Å². The molecule has 1 aromatic carbocycles. The van der Waals surface area contributed by atoms with Crippen molar-refractivity contribution in [3.8, 4) is 11.1 Å². The second kappa shape index (κ2) is 10.6. The molecule has 2 aromatic heterocycles. The average Bonchev–Trinajstić information content (AvgIpc) is 3.56. The number of amides is 1. The number of aryl methyl sites for hydroxylation is 1. The third kappa shape index (κ3) is 4.61. The average molecular weight is 606 g/mol. The Morgan fingerprint density at radius 1 is 1.21 bits per heavy atom. The van der Waals surface area contributed by atoms with Crippen molar-refractivity contribution in [1.82, 2.24) is 29.8 Å². The van der Waals surface area contributed by atoms with Crippen LogP contribution in [0.15, 0.2) is 24.9 Å². The Morgan fingerprint density at radius 2 is 2.00 bits per heavy atom. The van der Waals surface area contributed by atoms with Crippen LogP contribution in [0.3, 0.4) is 0 Å². The molecule has 230 valence electrons. The van der Waals surface area contributed by atoms with Gasteiger partial charge in [-0.15, -0.1) is 0 Å². The second-order valence-electron chi connectivity index (χ2n) is 13.7. The summed E-state index contributed by atoms with van der Waals surface area (Å²) in [7, 11) is 0. The minimum atomic E-state index is -0.0950. The molecular weight excluding hydrogens is 562 g/mol. The molecular formula is C33H44ClN7O2. The monoisotopic (exact) mass is 605 g/mol. The summed E-state index contributed by atoms with van der Waals surface area (Å²) < 4.78 is 8.16. The van der Waals surface area contributed by atoms with Crippen LogP contribution in [0.5, 0.6) is 0 Å². The molecule has 0 radical (unpaired) electrons. The SMILES string of the molecule is C=CC(=O)N1CC2(CC(n3nc(N4CCN(C5CCCOC5)C[C@]4(C)CC)c(-c4c(Cl)c(C)cc5[nH]ncc45)c3C)C2)C1. The topological polar surface area (TPSA) is 82.5 Å². The van der Waals surface area contributed by atoms with Crippen molar-refractivity contribution < 1.29 is 9.53 Å². The van der Waals surface area contributed by atoms with Gasteiger partial charge in [-0.05, 0) is 70.6 Å². The first-order valence-corrected chi connectivity index (χ1v) is 16.3. The number of halogens is 1. The summed E-state index contributed by atoms with van der Waals surface area (Å²) in [5.74, 6) is 1.05. The van der Waals surface area contributed by atoms with Gasteiger partial charge in [-0.1, -0.05) is 25.1 Å². The molecule has 5 heterocycles. The highest BCUT2D eigenvalue weighted by atomic mass is 35.5. The number of benzene rings is 1. The number of nitrogens with zero attached hydrogens (tertiary/aromatic N) is 6. The lowest BCUT2D eigenvalue weighted by Gasteiger charge is -2.58. The van der Waals surface area contributed by atoms with Gasteiger partial charge in [0.1, 0.15) is 0 Å². The molecule has 43 heavy (non-hydrogen) atoms. The fraction of sp³-hybridized carbons (Fsp3) is 0.606. The zero-order valence-electron chi connectivity index (χ0n) is 26.0. The number of hydrogen-bond donors (Lipinski definition) is 1. The highest BCUT2D eigenvalue weighted by molar-refractivity contribution is 6.36. The zero-order chi connectivity index (χ0) is 30.1. The molecule has 3 aliphatic heterocycles. The lowest BCUT2D eigenvalue weighted by atomic mass is 9.60. The van der Waals surface area contributed by atoms with Crippen molar-refractivity contribution >= 4 is 34.2 Å². The summed E-state index contributed by atoms with van der Waals surface area (Å²) in [6.45, 7) is 18.8. The number of carbonyl (C=O) groups is 1. The highest BCUT2D eigenvalue weighted by Crippen LogP contribution is 2.56. The largest absolute Gasteiger partial charge is 0.380 e. The van der Waals surface area contributed by atoms with Gasteiger partial charge < -0.3 is 14.5 Å². The van der Waals surface area contributed by atoms with Crippen LogP contribution in [0, 0.1) is 19.3 Å². The molecule has 4 aliphatic rings. The van der Waals surface area contributed by atoms with Crippen molar-refractivity contribution in [3.05, 3.63) is 41.2 Å². The number of rotatable bonds is 6. The number of anilines is 1. The number of aromatic nitrogens is 4. The summed E-state index contributed by atoms with van der Waals surface area (Å²) in [5, 5.41) is 14.8. The van der Waals surface area contributed by atoms with E-state index in [1.165, 1.54) is 12.5 Å². The Labute approximate surface area is 259 Å². The maximum Gasteiger partial charge on any atom is 0.245 e. The fourth-order valence-corrected chi connectivity index (χ4v) is 8.54. The van der Waals surface area contributed by atoms with Crippen LogP contribution in [0.4, 0.5) is 5.82 Å². The number of H-pyrrole nitrogens is 1. The van der Waals surface area contributed by atoms with E-state index in [4.69, 9.17) is 21.4 Å². The summed E-state index contributed by atoms with van der Waals surface area (Å²) in [6.07, 6.45) is 8.72. The van der Waals surface area contributed by atoms with Gasteiger partial charge in [0.25, 0.3) is 0 Å². The van der Waals surface area contributed by atoms with E-state index in [1.807, 2.05) is 11.1 Å². The van der Waals surface area contributed by atoms with Gasteiger partial charge in [-0.25, -0.2) is 0 Å². The van der Waals surface area contributed by atoms with Gasteiger partial charge in [0.15, 0.2) is 5.82 Å². The van der Waals surface area contributed by atoms with Gasteiger partial charge >= 0.3 is 0 Å². The summed E-state index contributed by atoms with van der Waals surface area (Å²) in [6, 6.07) is 2.86. The van der Waals surface area contributed by atoms with Crippen molar-refractivity contribution in [2.75, 3.05) is 50.8 Å². The van der Waals surface area contributed by atoms with Crippen molar-refractivity contribution in [3.63, 3.8) is 0 Å². The van der Waals surface area contributed by atoms with Gasteiger partial charge in [0.05, 0.1) is 34.9 Å². The lowest BCUT2D eigenvalue weighted by molar-refractivity contribution is -0.149. The van der Waals surface area contributed by atoms with E-state index in [-0.39, 0.29) is 16.9 Å². The molecule has 1 saturated carbocycles. The van der Waals surface area contributed by atoms with Crippen LogP contribution in [0.2, 0.25) is 5.02 Å². The van der Waals surface area contributed by atoms with Crippen LogP contribution in [-0.2, 0) is 9.53 Å². The molecule has 3 aromatic rings. The van der Waals surface area contributed by atoms with Crippen LogP contribution in [0.25, 0.3) is 22.0 Å². The maximum absolute atomic E-state index is 12.1. The fourth-order valence-electron chi connectivity index (χ4n) is 8.29. The Hall–Kier alpha value is -2.88. The molecule has 1 amide bonds. The number of aromatic amines is 1. The Balaban J connectivity index is 1.28. The number of piperazine rings is 1. The lowest BCUT2D eigenvalue weighted by Crippen LogP contribution is -2.64. The molecule has 1 N–H and O–H groups in total. The summed E-state index contributed by atoms with van der Waals surface area (Å²) >= 11 is 7.18. The Morgan fingerprint density at radius 3 is 2.70 bits per heavy atom. The number of hydrogen-bond acceptors (Lipinski definition) is 6. The molecule has 1 unspecified atom stereocenters. The van der Waals surface area contributed by atoms with Gasteiger partial charge in [0.2, 0.25) is 5.91 Å². The molecule has 10 heteroatoms. The maximum atomic E-state index is 12.1. The molecule has 0 bridgehead atoms. The van der Waals surface area contributed by atoms with E-state index >= 15 is 0 Å². The van der Waals surface area contributed by atoms with Crippen molar-refractivity contribution in [1.29, 1.82) is 0 Å². The summed E-state index contributed by atoms with van der Waals surface area (Å²) in [5.41, 5.74) is 5.40. The highest BCUT2D eigenvalue weighted by Gasteiger charge is 2.55. The predicted molar refractivity (Wildman–Crippen MR) is 171 cm³/mol. The molecule has 3 saturated heterocycles. The van der Waals surface area contributed by atoms with Gasteiger partial charge in [-0.3, -0.25) is 19.5 Å². The second-order valence-corrected chi connectivity index (χ2v) is 14.1. The van der Waals surface area contributed by atoms with Crippen LogP contribution in [0.1, 0.15) is 63.3 Å². The first-order chi connectivity index (χ1) is 20.7. The Bertz CT molecular complexity index is 1560. The minimum Gasteiger partial charge on any atom is -0.380 e. The summed E-state index contributed by atoms with van der Waals surface area (Å²) in [4.78, 5) is 19.2.